The van der Waals surface area contributed by atoms with Crippen molar-refractivity contribution in [2.45, 2.75) is 6.54 Å². The lowest BCUT2D eigenvalue weighted by Crippen LogP contribution is -2.38. The molecule has 0 aliphatic carbocycles. The number of ether oxygens (including phenoxy) is 1. The summed E-state index contributed by atoms with van der Waals surface area (Å²) in [4.78, 5) is 10.2. The van der Waals surface area contributed by atoms with Crippen LogP contribution in [0.15, 0.2) is 37.1 Å². The van der Waals surface area contributed by atoms with E-state index in [0.717, 1.165) is 72.8 Å². The third-order valence-electron chi connectivity index (χ3n) is 5.13. The smallest absolute Gasteiger partial charge is 0.137 e. The molecule has 0 saturated carbocycles. The Morgan fingerprint density at radius 3 is 2.82 bits per heavy atom. The van der Waals surface area contributed by atoms with E-state index in [1.54, 1.807) is 4.68 Å². The van der Waals surface area contributed by atoms with Crippen LogP contribution in [0.1, 0.15) is 0 Å². The van der Waals surface area contributed by atoms with Crippen molar-refractivity contribution in [2.75, 3.05) is 32.8 Å². The van der Waals surface area contributed by atoms with Gasteiger partial charge in [-0.05, 0) is 6.07 Å². The second-order valence-corrected chi connectivity index (χ2v) is 7.05. The molecule has 1 N–H and O–H groups in total. The Morgan fingerprint density at radius 1 is 1.11 bits per heavy atom. The first-order chi connectivity index (χ1) is 13.8. The Bertz CT molecular complexity index is 1090. The lowest BCUT2D eigenvalue weighted by Gasteiger charge is -2.26. The fourth-order valence-corrected chi connectivity index (χ4v) is 3.54. The molecule has 4 aromatic rings. The van der Waals surface area contributed by atoms with Gasteiger partial charge >= 0.3 is 0 Å². The Kier molecular flexibility index (Phi) is 4.38. The van der Waals surface area contributed by atoms with Crippen LogP contribution in [0.25, 0.3) is 33.4 Å². The summed E-state index contributed by atoms with van der Waals surface area (Å²) in [6.07, 6.45) is 9.63. The van der Waals surface area contributed by atoms with Crippen molar-refractivity contribution in [3.63, 3.8) is 0 Å². The predicted molar refractivity (Wildman–Crippen MR) is 105 cm³/mol. The van der Waals surface area contributed by atoms with Crippen molar-refractivity contribution in [1.29, 1.82) is 0 Å². The first kappa shape index (κ1) is 17.1. The van der Waals surface area contributed by atoms with Crippen LogP contribution in [0.5, 0.6) is 0 Å². The quantitative estimate of drug-likeness (QED) is 0.567. The molecule has 1 fully saturated rings. The number of rotatable bonds is 5. The van der Waals surface area contributed by atoms with Crippen LogP contribution in [-0.4, -0.2) is 72.5 Å². The zero-order valence-electron chi connectivity index (χ0n) is 15.7. The largest absolute Gasteiger partial charge is 0.379 e. The van der Waals surface area contributed by atoms with Gasteiger partial charge in [0.2, 0.25) is 0 Å². The van der Waals surface area contributed by atoms with E-state index >= 15 is 0 Å². The molecule has 1 aliphatic heterocycles. The molecule has 5 rings (SSSR count). The molecule has 0 aromatic carbocycles. The van der Waals surface area contributed by atoms with Gasteiger partial charge in [-0.1, -0.05) is 5.21 Å². The molecule has 0 atom stereocenters. The third-order valence-corrected chi connectivity index (χ3v) is 5.13. The molecular weight excluding hydrogens is 356 g/mol. The maximum absolute atomic E-state index is 5.40. The molecule has 5 heterocycles. The van der Waals surface area contributed by atoms with Crippen LogP contribution in [-0.2, 0) is 18.3 Å². The van der Waals surface area contributed by atoms with Crippen molar-refractivity contribution in [1.82, 2.24) is 39.6 Å². The predicted octanol–water partition coefficient (Wildman–Crippen LogP) is 1.55. The lowest BCUT2D eigenvalue weighted by atomic mass is 10.1. The summed E-state index contributed by atoms with van der Waals surface area (Å²) >= 11 is 0. The standard InChI is InChI=1S/C19H22N8O/c1-25-12-15(10-22-25)14-8-16-17(11-21-19(16)20-9-14)18-13-27(24-23-18)3-2-26-4-6-28-7-5-26/h8-13H,2-7H2,1H3,(H,20,21). The molecule has 0 spiro atoms. The molecule has 1 aliphatic rings. The van der Waals surface area contributed by atoms with Gasteiger partial charge < -0.3 is 9.72 Å². The van der Waals surface area contributed by atoms with Gasteiger partial charge in [0.05, 0.1) is 32.2 Å². The molecule has 1 saturated heterocycles. The van der Waals surface area contributed by atoms with E-state index in [9.17, 15) is 0 Å². The fourth-order valence-electron chi connectivity index (χ4n) is 3.54. The lowest BCUT2D eigenvalue weighted by molar-refractivity contribution is 0.0359. The van der Waals surface area contributed by atoms with Crippen molar-refractivity contribution in [2.24, 2.45) is 7.05 Å². The molecule has 0 bridgehead atoms. The summed E-state index contributed by atoms with van der Waals surface area (Å²) in [5.74, 6) is 0. The Hall–Kier alpha value is -3.04. The number of H-pyrrole nitrogens is 1. The number of pyridine rings is 1. The van der Waals surface area contributed by atoms with Gasteiger partial charge in [-0.25, -0.2) is 4.98 Å². The highest BCUT2D eigenvalue weighted by atomic mass is 16.5. The van der Waals surface area contributed by atoms with Crippen molar-refractivity contribution < 1.29 is 4.74 Å². The number of aryl methyl sites for hydroxylation is 1. The first-order valence-electron chi connectivity index (χ1n) is 9.43. The average Bonchev–Trinajstić information content (AvgIpc) is 3.46. The van der Waals surface area contributed by atoms with Gasteiger partial charge in [0.1, 0.15) is 11.3 Å². The Labute approximate surface area is 161 Å². The Balaban J connectivity index is 1.39. The first-order valence-corrected chi connectivity index (χ1v) is 9.43. The summed E-state index contributed by atoms with van der Waals surface area (Å²) in [6, 6.07) is 2.12. The molecule has 144 valence electrons. The average molecular weight is 378 g/mol. The summed E-state index contributed by atoms with van der Waals surface area (Å²) in [7, 11) is 1.91. The number of aromatic amines is 1. The molecule has 0 radical (unpaired) electrons. The molecule has 0 amide bonds. The fraction of sp³-hybridized carbons (Fsp3) is 0.368. The van der Waals surface area contributed by atoms with E-state index in [4.69, 9.17) is 4.74 Å². The van der Waals surface area contributed by atoms with Crippen LogP contribution >= 0.6 is 0 Å². The van der Waals surface area contributed by atoms with E-state index in [1.807, 2.05) is 42.7 Å². The maximum atomic E-state index is 5.40. The van der Waals surface area contributed by atoms with E-state index in [-0.39, 0.29) is 0 Å². The second kappa shape index (κ2) is 7.17. The third kappa shape index (κ3) is 3.30. The number of hydrogen-bond acceptors (Lipinski definition) is 6. The van der Waals surface area contributed by atoms with Crippen LogP contribution in [0.4, 0.5) is 0 Å². The van der Waals surface area contributed by atoms with Gasteiger partial charge in [-0.15, -0.1) is 5.10 Å². The van der Waals surface area contributed by atoms with Crippen LogP contribution in [0, 0.1) is 0 Å². The topological polar surface area (TPSA) is 89.7 Å². The minimum Gasteiger partial charge on any atom is -0.379 e. The van der Waals surface area contributed by atoms with Crippen molar-refractivity contribution in [3.8, 4) is 22.4 Å². The van der Waals surface area contributed by atoms with Crippen LogP contribution in [0.3, 0.4) is 0 Å². The van der Waals surface area contributed by atoms with Gasteiger partial charge in [-0.3, -0.25) is 14.3 Å². The zero-order valence-corrected chi connectivity index (χ0v) is 15.7. The number of fused-ring (bicyclic) bond motifs is 1. The minimum atomic E-state index is 0.810. The second-order valence-electron chi connectivity index (χ2n) is 7.05. The summed E-state index contributed by atoms with van der Waals surface area (Å²) in [5.41, 5.74) is 4.76. The molecule has 0 unspecified atom stereocenters. The van der Waals surface area contributed by atoms with E-state index in [2.05, 4.69) is 36.3 Å². The Morgan fingerprint density at radius 2 is 2.00 bits per heavy atom. The maximum Gasteiger partial charge on any atom is 0.137 e. The van der Waals surface area contributed by atoms with Crippen molar-refractivity contribution in [3.05, 3.63) is 37.1 Å². The highest BCUT2D eigenvalue weighted by molar-refractivity contribution is 5.94. The van der Waals surface area contributed by atoms with Gasteiger partial charge in [0.25, 0.3) is 0 Å². The molecule has 9 nitrogen and oxygen atoms in total. The van der Waals surface area contributed by atoms with Gasteiger partial charge in [0.15, 0.2) is 0 Å². The van der Waals surface area contributed by atoms with Gasteiger partial charge in [-0.2, -0.15) is 5.10 Å². The van der Waals surface area contributed by atoms with E-state index in [0.29, 0.717) is 0 Å². The van der Waals surface area contributed by atoms with E-state index in [1.165, 1.54) is 0 Å². The van der Waals surface area contributed by atoms with E-state index < -0.39 is 0 Å². The minimum absolute atomic E-state index is 0.810. The molecule has 9 heteroatoms. The summed E-state index contributed by atoms with van der Waals surface area (Å²) in [6.45, 7) is 5.34. The van der Waals surface area contributed by atoms with Gasteiger partial charge in [0, 0.05) is 67.3 Å². The SMILES string of the molecule is Cn1cc(-c2cnc3[nH]cc(-c4cn(CCN5CCOCC5)nn4)c3c2)cn1. The monoisotopic (exact) mass is 378 g/mol. The summed E-state index contributed by atoms with van der Waals surface area (Å²) in [5, 5.41) is 14.0. The molecular formula is C19H22N8O. The van der Waals surface area contributed by atoms with Crippen molar-refractivity contribution >= 4 is 11.0 Å². The number of hydrogen-bond donors (Lipinski definition) is 1. The number of aromatic nitrogens is 7. The summed E-state index contributed by atoms with van der Waals surface area (Å²) < 4.78 is 9.09. The number of morpholine rings is 1. The highest BCUT2D eigenvalue weighted by Crippen LogP contribution is 2.29. The highest BCUT2D eigenvalue weighted by Gasteiger charge is 2.14. The van der Waals surface area contributed by atoms with Crippen LogP contribution in [0.2, 0.25) is 0 Å². The number of nitrogens with one attached hydrogen (secondary N) is 1. The van der Waals surface area contributed by atoms with Crippen LogP contribution < -0.4 is 0 Å². The normalized spacial score (nSPS) is 15.5. The molecule has 4 aromatic heterocycles. The number of nitrogens with zero attached hydrogens (tertiary/aromatic N) is 7. The zero-order chi connectivity index (χ0) is 18.9. The molecule has 28 heavy (non-hydrogen) atoms.